The minimum absolute atomic E-state index is 0.198. The lowest BCUT2D eigenvalue weighted by atomic mass is 10.2. The monoisotopic (exact) mass is 352 g/mol. The predicted octanol–water partition coefficient (Wildman–Crippen LogP) is 2.36. The van der Waals surface area contributed by atoms with E-state index in [4.69, 9.17) is 0 Å². The number of fused-ring (bicyclic) bond motifs is 1. The Morgan fingerprint density at radius 1 is 1.12 bits per heavy atom. The van der Waals surface area contributed by atoms with Crippen LogP contribution in [0.1, 0.15) is 22.4 Å². The Morgan fingerprint density at radius 3 is 2.80 bits per heavy atom. The van der Waals surface area contributed by atoms with Gasteiger partial charge in [0.15, 0.2) is 0 Å². The summed E-state index contributed by atoms with van der Waals surface area (Å²) in [6.07, 6.45) is 1.36. The normalized spacial score (nSPS) is 11.3. The van der Waals surface area contributed by atoms with E-state index < -0.39 is 0 Å². The number of rotatable bonds is 4. The van der Waals surface area contributed by atoms with E-state index in [1.54, 1.807) is 17.4 Å². The second-order valence-corrected chi connectivity index (χ2v) is 7.02. The van der Waals surface area contributed by atoms with Gasteiger partial charge < -0.3 is 0 Å². The van der Waals surface area contributed by atoms with Crippen LogP contribution in [0.2, 0.25) is 0 Å². The van der Waals surface area contributed by atoms with Gasteiger partial charge in [0.05, 0.1) is 26.6 Å². The van der Waals surface area contributed by atoms with Crippen molar-refractivity contribution in [1.29, 1.82) is 0 Å². The molecule has 25 heavy (non-hydrogen) atoms. The van der Waals surface area contributed by atoms with Crippen LogP contribution < -0.4 is 5.56 Å². The van der Waals surface area contributed by atoms with Crippen molar-refractivity contribution in [2.45, 2.75) is 26.7 Å². The maximum atomic E-state index is 11.1. The molecule has 0 aliphatic carbocycles. The molecule has 4 rings (SSSR count). The zero-order chi connectivity index (χ0) is 17.4. The fourth-order valence-electron chi connectivity index (χ4n) is 2.74. The van der Waals surface area contributed by atoms with Gasteiger partial charge in [0.2, 0.25) is 0 Å². The van der Waals surface area contributed by atoms with E-state index in [0.29, 0.717) is 12.8 Å². The first kappa shape index (κ1) is 15.6. The maximum absolute atomic E-state index is 11.1. The van der Waals surface area contributed by atoms with Crippen LogP contribution in [0.5, 0.6) is 0 Å². The summed E-state index contributed by atoms with van der Waals surface area (Å²) in [5.41, 5.74) is 2.60. The fourth-order valence-corrected chi connectivity index (χ4v) is 3.60. The molecule has 3 aromatic heterocycles. The Kier molecular flexibility index (Phi) is 3.89. The van der Waals surface area contributed by atoms with Crippen LogP contribution in [0.15, 0.2) is 35.1 Å². The van der Waals surface area contributed by atoms with Gasteiger partial charge in [-0.3, -0.25) is 4.79 Å². The van der Waals surface area contributed by atoms with Crippen molar-refractivity contribution in [2.24, 2.45) is 0 Å². The smallest absolute Gasteiger partial charge is 0.264 e. The number of nitrogens with one attached hydrogen (secondary N) is 1. The standard InChI is InChI=1S/C17H16N6OS/c1-10-18-16(7-3-12-4-8-17(24)21-20-12)23(22-10)13-5-6-14-15(9-13)25-11(2)19-14/h4-6,8-9H,3,7H2,1-2H3,(H,21,24). The maximum Gasteiger partial charge on any atom is 0.264 e. The molecule has 0 spiro atoms. The molecular weight excluding hydrogens is 336 g/mol. The summed E-state index contributed by atoms with van der Waals surface area (Å²) in [5, 5.41) is 12.1. The molecule has 0 saturated carbocycles. The van der Waals surface area contributed by atoms with E-state index in [2.05, 4.69) is 31.3 Å². The molecule has 0 aliphatic rings. The van der Waals surface area contributed by atoms with Crippen LogP contribution in [0, 0.1) is 13.8 Å². The molecule has 8 heteroatoms. The lowest BCUT2D eigenvalue weighted by molar-refractivity contribution is 0.750. The van der Waals surface area contributed by atoms with Crippen molar-refractivity contribution in [3.8, 4) is 5.69 Å². The molecule has 1 aromatic carbocycles. The molecule has 1 N–H and O–H groups in total. The van der Waals surface area contributed by atoms with Crippen LogP contribution in [0.4, 0.5) is 0 Å². The van der Waals surface area contributed by atoms with Crippen molar-refractivity contribution in [3.05, 3.63) is 63.0 Å². The number of aryl methyl sites for hydroxylation is 4. The molecule has 3 heterocycles. The molecule has 0 bridgehead atoms. The van der Waals surface area contributed by atoms with E-state index in [1.165, 1.54) is 6.07 Å². The lowest BCUT2D eigenvalue weighted by Crippen LogP contribution is -2.09. The summed E-state index contributed by atoms with van der Waals surface area (Å²) in [4.78, 5) is 20.1. The number of benzene rings is 1. The largest absolute Gasteiger partial charge is 0.268 e. The van der Waals surface area contributed by atoms with Crippen molar-refractivity contribution >= 4 is 21.6 Å². The first-order chi connectivity index (χ1) is 12.1. The van der Waals surface area contributed by atoms with Gasteiger partial charge in [-0.05, 0) is 44.5 Å². The van der Waals surface area contributed by atoms with Crippen molar-refractivity contribution in [2.75, 3.05) is 0 Å². The van der Waals surface area contributed by atoms with Gasteiger partial charge >= 0.3 is 0 Å². The SMILES string of the molecule is Cc1nc(CCc2ccc(=O)[nH]n2)n(-c2ccc3nc(C)sc3c2)n1. The quantitative estimate of drug-likeness (QED) is 0.609. The number of nitrogens with zero attached hydrogens (tertiary/aromatic N) is 5. The van der Waals surface area contributed by atoms with E-state index in [0.717, 1.165) is 38.3 Å². The van der Waals surface area contributed by atoms with E-state index in [9.17, 15) is 4.79 Å². The lowest BCUT2D eigenvalue weighted by Gasteiger charge is -2.06. The minimum Gasteiger partial charge on any atom is -0.268 e. The highest BCUT2D eigenvalue weighted by molar-refractivity contribution is 7.18. The molecule has 0 atom stereocenters. The Morgan fingerprint density at radius 2 is 2.00 bits per heavy atom. The Bertz CT molecular complexity index is 1090. The average molecular weight is 352 g/mol. The number of hydrogen-bond donors (Lipinski definition) is 1. The predicted molar refractivity (Wildman–Crippen MR) is 96.3 cm³/mol. The summed E-state index contributed by atoms with van der Waals surface area (Å²) >= 11 is 1.67. The van der Waals surface area contributed by atoms with Gasteiger partial charge in [-0.15, -0.1) is 11.3 Å². The van der Waals surface area contributed by atoms with Gasteiger partial charge in [0.1, 0.15) is 11.6 Å². The van der Waals surface area contributed by atoms with Crippen molar-refractivity contribution in [3.63, 3.8) is 0 Å². The summed E-state index contributed by atoms with van der Waals surface area (Å²) in [7, 11) is 0. The molecule has 0 unspecified atom stereocenters. The highest BCUT2D eigenvalue weighted by Gasteiger charge is 2.11. The number of hydrogen-bond acceptors (Lipinski definition) is 6. The first-order valence-corrected chi connectivity index (χ1v) is 8.75. The average Bonchev–Trinajstić information content (AvgIpc) is 3.15. The topological polar surface area (TPSA) is 89.4 Å². The molecule has 0 radical (unpaired) electrons. The third-order valence-corrected chi connectivity index (χ3v) is 4.78. The zero-order valence-electron chi connectivity index (χ0n) is 13.9. The minimum atomic E-state index is -0.198. The van der Waals surface area contributed by atoms with E-state index >= 15 is 0 Å². The molecule has 0 amide bonds. The van der Waals surface area contributed by atoms with Gasteiger partial charge in [-0.2, -0.15) is 10.2 Å². The second-order valence-electron chi connectivity index (χ2n) is 5.78. The number of aromatic amines is 1. The van der Waals surface area contributed by atoms with Gasteiger partial charge in [0, 0.05) is 12.5 Å². The molecule has 7 nitrogen and oxygen atoms in total. The van der Waals surface area contributed by atoms with Crippen LogP contribution in [-0.2, 0) is 12.8 Å². The second kappa shape index (κ2) is 6.21. The first-order valence-electron chi connectivity index (χ1n) is 7.93. The number of thiazole rings is 1. The number of aromatic nitrogens is 6. The highest BCUT2D eigenvalue weighted by atomic mass is 32.1. The molecule has 126 valence electrons. The fraction of sp³-hybridized carbons (Fsp3) is 0.235. The van der Waals surface area contributed by atoms with Gasteiger partial charge in [-0.1, -0.05) is 0 Å². The Labute approximate surface area is 147 Å². The van der Waals surface area contributed by atoms with Crippen molar-refractivity contribution in [1.82, 2.24) is 29.9 Å². The highest BCUT2D eigenvalue weighted by Crippen LogP contribution is 2.24. The third kappa shape index (κ3) is 3.20. The van der Waals surface area contributed by atoms with Crippen LogP contribution in [0.25, 0.3) is 15.9 Å². The summed E-state index contributed by atoms with van der Waals surface area (Å²) in [6, 6.07) is 9.34. The van der Waals surface area contributed by atoms with Crippen LogP contribution in [-0.4, -0.2) is 29.9 Å². The summed E-state index contributed by atoms with van der Waals surface area (Å²) < 4.78 is 3.01. The number of H-pyrrole nitrogens is 1. The van der Waals surface area contributed by atoms with Crippen molar-refractivity contribution < 1.29 is 0 Å². The summed E-state index contributed by atoms with van der Waals surface area (Å²) in [5.74, 6) is 1.59. The summed E-state index contributed by atoms with van der Waals surface area (Å²) in [6.45, 7) is 3.89. The van der Waals surface area contributed by atoms with Gasteiger partial charge in [0.25, 0.3) is 5.56 Å². The van der Waals surface area contributed by atoms with Gasteiger partial charge in [-0.25, -0.2) is 19.7 Å². The third-order valence-electron chi connectivity index (χ3n) is 3.85. The molecule has 0 saturated heterocycles. The van der Waals surface area contributed by atoms with Crippen LogP contribution in [0.3, 0.4) is 0 Å². The van der Waals surface area contributed by atoms with E-state index in [1.807, 2.05) is 30.7 Å². The Hall–Kier alpha value is -2.87. The van der Waals surface area contributed by atoms with Crippen LogP contribution >= 0.6 is 11.3 Å². The molecule has 0 aliphatic heterocycles. The molecule has 4 aromatic rings. The van der Waals surface area contributed by atoms with E-state index in [-0.39, 0.29) is 5.56 Å². The molecule has 0 fully saturated rings. The zero-order valence-corrected chi connectivity index (χ0v) is 14.7. The Balaban J connectivity index is 1.65. The molecular formula is C17H16N6OS.